The monoisotopic (exact) mass is 271 g/mol. The molecule has 0 heterocycles. The normalized spacial score (nSPS) is 12.9. The van der Waals surface area contributed by atoms with Gasteiger partial charge in [-0.25, -0.2) is 0 Å². The zero-order chi connectivity index (χ0) is 11.4. The van der Waals surface area contributed by atoms with E-state index in [-0.39, 0.29) is 12.1 Å². The minimum absolute atomic E-state index is 0.163. The van der Waals surface area contributed by atoms with Gasteiger partial charge >= 0.3 is 0 Å². The molecule has 0 saturated carbocycles. The second-order valence-electron chi connectivity index (χ2n) is 4.10. The molecule has 0 bridgehead atoms. The van der Waals surface area contributed by atoms with Crippen molar-refractivity contribution in [2.75, 3.05) is 0 Å². The van der Waals surface area contributed by atoms with Crippen LogP contribution in [0.5, 0.6) is 5.75 Å². The maximum absolute atomic E-state index is 5.78. The summed E-state index contributed by atoms with van der Waals surface area (Å²) in [6.07, 6.45) is 1.06. The Balaban J connectivity index is 2.85. The number of hydrogen-bond acceptors (Lipinski definition) is 2. The van der Waals surface area contributed by atoms with Crippen LogP contribution in [0.15, 0.2) is 22.7 Å². The summed E-state index contributed by atoms with van der Waals surface area (Å²) < 4.78 is 6.72. The molecule has 0 amide bonds. The first kappa shape index (κ1) is 12.5. The Bertz CT molecular complexity index is 323. The Kier molecular flexibility index (Phi) is 4.61. The van der Waals surface area contributed by atoms with Crippen molar-refractivity contribution in [1.82, 2.24) is 0 Å². The van der Waals surface area contributed by atoms with Gasteiger partial charge < -0.3 is 10.5 Å². The molecule has 0 aliphatic carbocycles. The summed E-state index contributed by atoms with van der Waals surface area (Å²) in [5, 5.41) is 0. The number of halogens is 1. The van der Waals surface area contributed by atoms with Crippen LogP contribution in [0.3, 0.4) is 0 Å². The van der Waals surface area contributed by atoms with Gasteiger partial charge in [0, 0.05) is 10.5 Å². The Morgan fingerprint density at radius 3 is 2.53 bits per heavy atom. The molecule has 0 saturated heterocycles. The van der Waals surface area contributed by atoms with Gasteiger partial charge in [0.2, 0.25) is 0 Å². The topological polar surface area (TPSA) is 35.2 Å². The van der Waals surface area contributed by atoms with Crippen LogP contribution in [0, 0.1) is 0 Å². The molecule has 1 aromatic carbocycles. The van der Waals surface area contributed by atoms with Crippen LogP contribution in [-0.2, 0) is 6.42 Å². The Labute approximate surface area is 99.9 Å². The van der Waals surface area contributed by atoms with E-state index in [9.17, 15) is 0 Å². The molecule has 1 aromatic rings. The smallest absolute Gasteiger partial charge is 0.120 e. The molecule has 0 fully saturated rings. The Morgan fingerprint density at radius 1 is 1.33 bits per heavy atom. The zero-order valence-corrected chi connectivity index (χ0v) is 11.0. The molecular weight excluding hydrogens is 254 g/mol. The molecule has 1 unspecified atom stereocenters. The van der Waals surface area contributed by atoms with Crippen LogP contribution >= 0.6 is 15.9 Å². The van der Waals surface area contributed by atoms with E-state index in [0.29, 0.717) is 0 Å². The first-order chi connectivity index (χ1) is 6.99. The highest BCUT2D eigenvalue weighted by molar-refractivity contribution is 9.10. The predicted molar refractivity (Wildman–Crippen MR) is 67.3 cm³/mol. The van der Waals surface area contributed by atoms with Gasteiger partial charge in [-0.3, -0.25) is 0 Å². The van der Waals surface area contributed by atoms with Crippen molar-refractivity contribution >= 4 is 15.9 Å². The van der Waals surface area contributed by atoms with Crippen molar-refractivity contribution in [3.63, 3.8) is 0 Å². The number of nitrogens with two attached hydrogens (primary N) is 1. The van der Waals surface area contributed by atoms with Crippen LogP contribution in [0.1, 0.15) is 26.3 Å². The zero-order valence-electron chi connectivity index (χ0n) is 9.46. The third kappa shape index (κ3) is 4.22. The van der Waals surface area contributed by atoms with E-state index in [1.165, 1.54) is 5.56 Å². The maximum atomic E-state index is 5.78. The molecule has 1 atom stereocenters. The van der Waals surface area contributed by atoms with Gasteiger partial charge in [-0.2, -0.15) is 0 Å². The van der Waals surface area contributed by atoms with Crippen LogP contribution in [0.4, 0.5) is 0 Å². The molecule has 84 valence electrons. The average molecular weight is 272 g/mol. The van der Waals surface area contributed by atoms with Gasteiger partial charge in [-0.1, -0.05) is 15.9 Å². The van der Waals surface area contributed by atoms with E-state index in [4.69, 9.17) is 10.5 Å². The molecule has 0 aromatic heterocycles. The van der Waals surface area contributed by atoms with Crippen LogP contribution < -0.4 is 10.5 Å². The minimum atomic E-state index is 0.163. The van der Waals surface area contributed by atoms with Gasteiger partial charge in [0.05, 0.1) is 6.10 Å². The fraction of sp³-hybridized carbons (Fsp3) is 0.500. The number of ether oxygens (including phenoxy) is 1. The van der Waals surface area contributed by atoms with E-state index in [2.05, 4.69) is 15.9 Å². The highest BCUT2D eigenvalue weighted by Gasteiger charge is 2.06. The lowest BCUT2D eigenvalue weighted by molar-refractivity contribution is 0.242. The number of rotatable bonds is 4. The summed E-state index contributed by atoms with van der Waals surface area (Å²) in [4.78, 5) is 0. The highest BCUT2D eigenvalue weighted by atomic mass is 79.9. The van der Waals surface area contributed by atoms with Gasteiger partial charge in [-0.15, -0.1) is 0 Å². The van der Waals surface area contributed by atoms with E-state index >= 15 is 0 Å². The molecule has 0 radical (unpaired) electrons. The lowest BCUT2D eigenvalue weighted by Crippen LogP contribution is -2.18. The van der Waals surface area contributed by atoms with Gasteiger partial charge in [0.25, 0.3) is 0 Å². The molecule has 15 heavy (non-hydrogen) atoms. The molecule has 1 rings (SSSR count). The van der Waals surface area contributed by atoms with Crippen molar-refractivity contribution in [2.45, 2.75) is 39.3 Å². The summed E-state index contributed by atoms with van der Waals surface area (Å²) in [6, 6.07) is 6.19. The van der Waals surface area contributed by atoms with Crippen LogP contribution in [0.25, 0.3) is 0 Å². The van der Waals surface area contributed by atoms with Gasteiger partial charge in [-0.05, 0) is 51.0 Å². The Hall–Kier alpha value is -0.540. The lowest BCUT2D eigenvalue weighted by Gasteiger charge is -2.13. The van der Waals surface area contributed by atoms with Crippen LogP contribution in [0.2, 0.25) is 0 Å². The number of hydrogen-bond donors (Lipinski definition) is 1. The third-order valence-corrected chi connectivity index (χ3v) is 2.70. The van der Waals surface area contributed by atoms with Crippen molar-refractivity contribution in [3.05, 3.63) is 28.2 Å². The summed E-state index contributed by atoms with van der Waals surface area (Å²) in [5.41, 5.74) is 6.98. The quantitative estimate of drug-likeness (QED) is 0.914. The van der Waals surface area contributed by atoms with Crippen molar-refractivity contribution < 1.29 is 4.74 Å². The second kappa shape index (κ2) is 5.52. The lowest BCUT2D eigenvalue weighted by atomic mass is 10.1. The molecule has 2 nitrogen and oxygen atoms in total. The fourth-order valence-electron chi connectivity index (χ4n) is 1.40. The first-order valence-electron chi connectivity index (χ1n) is 5.19. The van der Waals surface area contributed by atoms with Gasteiger partial charge in [0.15, 0.2) is 0 Å². The van der Waals surface area contributed by atoms with Crippen molar-refractivity contribution in [2.24, 2.45) is 5.73 Å². The first-order valence-corrected chi connectivity index (χ1v) is 5.99. The van der Waals surface area contributed by atoms with Gasteiger partial charge in [0.1, 0.15) is 5.75 Å². The Morgan fingerprint density at radius 2 is 2.00 bits per heavy atom. The summed E-state index contributed by atoms with van der Waals surface area (Å²) >= 11 is 3.51. The molecule has 0 spiro atoms. The molecule has 2 N–H and O–H groups in total. The largest absolute Gasteiger partial charge is 0.491 e. The summed E-state index contributed by atoms with van der Waals surface area (Å²) in [6.45, 7) is 6.04. The molecule has 3 heteroatoms. The predicted octanol–water partition coefficient (Wildman–Crippen LogP) is 3.13. The minimum Gasteiger partial charge on any atom is -0.491 e. The summed E-state index contributed by atoms with van der Waals surface area (Å²) in [7, 11) is 0. The van der Waals surface area contributed by atoms with E-state index in [0.717, 1.165) is 16.6 Å². The standard InChI is InChI=1S/C12H18BrNO/c1-8(2)15-11-4-5-12(13)10(7-11)6-9(3)14/h4-5,7-9H,6,14H2,1-3H3. The average Bonchev–Trinajstić information content (AvgIpc) is 2.09. The van der Waals surface area contributed by atoms with Crippen molar-refractivity contribution in [3.8, 4) is 5.75 Å². The highest BCUT2D eigenvalue weighted by Crippen LogP contribution is 2.24. The second-order valence-corrected chi connectivity index (χ2v) is 4.96. The van der Waals surface area contributed by atoms with E-state index in [1.807, 2.05) is 39.0 Å². The SMILES string of the molecule is CC(N)Cc1cc(OC(C)C)ccc1Br. The molecule has 0 aliphatic rings. The third-order valence-electron chi connectivity index (χ3n) is 1.93. The number of benzene rings is 1. The summed E-state index contributed by atoms with van der Waals surface area (Å²) in [5.74, 6) is 0.906. The molecule has 0 aliphatic heterocycles. The van der Waals surface area contributed by atoms with Crippen LogP contribution in [-0.4, -0.2) is 12.1 Å². The van der Waals surface area contributed by atoms with Crippen molar-refractivity contribution in [1.29, 1.82) is 0 Å². The van der Waals surface area contributed by atoms with E-state index < -0.39 is 0 Å². The fourth-order valence-corrected chi connectivity index (χ4v) is 1.81. The van der Waals surface area contributed by atoms with E-state index in [1.54, 1.807) is 0 Å². The molecular formula is C12H18BrNO. The maximum Gasteiger partial charge on any atom is 0.120 e.